The van der Waals surface area contributed by atoms with Gasteiger partial charge in [0.2, 0.25) is 0 Å². The van der Waals surface area contributed by atoms with Gasteiger partial charge in [0.15, 0.2) is 0 Å². The highest BCUT2D eigenvalue weighted by molar-refractivity contribution is 5.95. The minimum absolute atomic E-state index is 0.105. The van der Waals surface area contributed by atoms with E-state index < -0.39 is 5.97 Å². The minimum atomic E-state index is -0.869. The summed E-state index contributed by atoms with van der Waals surface area (Å²) in [6.07, 6.45) is 0. The second-order valence-electron chi connectivity index (χ2n) is 7.22. The monoisotopic (exact) mass is 299 g/mol. The second kappa shape index (κ2) is 5.99. The lowest BCUT2D eigenvalue weighted by Crippen LogP contribution is -2.20. The van der Waals surface area contributed by atoms with Crippen molar-refractivity contribution < 1.29 is 9.90 Å². The van der Waals surface area contributed by atoms with Crippen molar-refractivity contribution in [3.05, 3.63) is 47.7 Å². The summed E-state index contributed by atoms with van der Waals surface area (Å²) in [6, 6.07) is 11.6. The molecule has 2 rings (SSSR count). The third-order valence-corrected chi connectivity index (χ3v) is 3.69. The van der Waals surface area contributed by atoms with Crippen LogP contribution in [0.4, 0.5) is 0 Å². The van der Waals surface area contributed by atoms with Crippen LogP contribution in [0.15, 0.2) is 36.4 Å². The quantitative estimate of drug-likeness (QED) is 0.880. The van der Waals surface area contributed by atoms with Gasteiger partial charge in [-0.25, -0.2) is 4.79 Å². The molecule has 0 aliphatic heterocycles. The van der Waals surface area contributed by atoms with Crippen molar-refractivity contribution in [1.82, 2.24) is 4.57 Å². The normalized spacial score (nSPS) is 11.9. The summed E-state index contributed by atoms with van der Waals surface area (Å²) in [6.45, 7) is 11.5. The largest absolute Gasteiger partial charge is 0.478 e. The fraction of sp³-hybridized carbons (Fsp3) is 0.421. The molecule has 1 aromatic carbocycles. The fourth-order valence-electron chi connectivity index (χ4n) is 2.80. The molecule has 1 N–H and O–H groups in total. The Morgan fingerprint density at radius 3 is 2.23 bits per heavy atom. The maximum Gasteiger partial charge on any atom is 0.337 e. The smallest absolute Gasteiger partial charge is 0.337 e. The molecule has 0 fully saturated rings. The van der Waals surface area contributed by atoms with E-state index in [1.807, 2.05) is 36.4 Å². The summed E-state index contributed by atoms with van der Waals surface area (Å²) in [5, 5.41) is 9.65. The van der Waals surface area contributed by atoms with Gasteiger partial charge in [-0.2, -0.15) is 0 Å². The number of carboxylic acid groups (broad SMARTS) is 1. The molecule has 0 radical (unpaired) electrons. The lowest BCUT2D eigenvalue weighted by molar-refractivity contribution is 0.0697. The van der Waals surface area contributed by atoms with Crippen LogP contribution in [0.25, 0.3) is 11.3 Å². The molecule has 0 atom stereocenters. The molecular formula is C19H25NO2. The van der Waals surface area contributed by atoms with Crippen LogP contribution < -0.4 is 0 Å². The molecule has 1 heterocycles. The first kappa shape index (κ1) is 16.3. The highest BCUT2D eigenvalue weighted by atomic mass is 16.4. The number of carbonyl (C=O) groups is 1. The standard InChI is InChI=1S/C19H25NO2/c1-13(2)12-20-16(19(3,4)5)11-15(18(21)22)17(20)14-9-7-6-8-10-14/h6-11,13H,12H2,1-5H3,(H,21,22). The van der Waals surface area contributed by atoms with Gasteiger partial charge in [0.05, 0.1) is 11.3 Å². The maximum absolute atomic E-state index is 11.8. The van der Waals surface area contributed by atoms with Crippen LogP contribution in [0.3, 0.4) is 0 Å². The van der Waals surface area contributed by atoms with E-state index in [4.69, 9.17) is 0 Å². The van der Waals surface area contributed by atoms with Gasteiger partial charge in [-0.05, 0) is 17.5 Å². The number of hydrogen-bond acceptors (Lipinski definition) is 1. The molecule has 1 aromatic heterocycles. The molecular weight excluding hydrogens is 274 g/mol. The van der Waals surface area contributed by atoms with Crippen LogP contribution in [0.1, 0.15) is 50.7 Å². The van der Waals surface area contributed by atoms with Crippen molar-refractivity contribution in [2.24, 2.45) is 5.92 Å². The highest BCUT2D eigenvalue weighted by Gasteiger charge is 2.27. The number of benzene rings is 1. The van der Waals surface area contributed by atoms with Crippen LogP contribution in [0.2, 0.25) is 0 Å². The van der Waals surface area contributed by atoms with Gasteiger partial charge in [0.1, 0.15) is 0 Å². The van der Waals surface area contributed by atoms with Gasteiger partial charge < -0.3 is 9.67 Å². The summed E-state index contributed by atoms with van der Waals surface area (Å²) in [7, 11) is 0. The van der Waals surface area contributed by atoms with E-state index in [0.29, 0.717) is 11.5 Å². The van der Waals surface area contributed by atoms with Gasteiger partial charge in [0, 0.05) is 17.7 Å². The van der Waals surface area contributed by atoms with Gasteiger partial charge in [0.25, 0.3) is 0 Å². The molecule has 0 saturated heterocycles. The topological polar surface area (TPSA) is 42.2 Å². The molecule has 3 nitrogen and oxygen atoms in total. The van der Waals surface area contributed by atoms with E-state index in [-0.39, 0.29) is 5.41 Å². The van der Waals surface area contributed by atoms with E-state index in [1.165, 1.54) is 0 Å². The minimum Gasteiger partial charge on any atom is -0.478 e. The van der Waals surface area contributed by atoms with Crippen molar-refractivity contribution in [2.45, 2.75) is 46.6 Å². The van der Waals surface area contributed by atoms with Crippen LogP contribution >= 0.6 is 0 Å². The van der Waals surface area contributed by atoms with Crippen molar-refractivity contribution in [1.29, 1.82) is 0 Å². The Morgan fingerprint density at radius 2 is 1.77 bits per heavy atom. The van der Waals surface area contributed by atoms with Gasteiger partial charge >= 0.3 is 5.97 Å². The molecule has 22 heavy (non-hydrogen) atoms. The van der Waals surface area contributed by atoms with E-state index in [2.05, 4.69) is 39.2 Å². The Morgan fingerprint density at radius 1 is 1.18 bits per heavy atom. The molecule has 0 unspecified atom stereocenters. The Labute approximate surface area is 132 Å². The molecule has 0 saturated carbocycles. The Kier molecular flexibility index (Phi) is 4.45. The Bertz CT molecular complexity index is 661. The van der Waals surface area contributed by atoms with Crippen LogP contribution in [-0.4, -0.2) is 15.6 Å². The number of hydrogen-bond donors (Lipinski definition) is 1. The first-order valence-corrected chi connectivity index (χ1v) is 7.74. The molecule has 0 aliphatic rings. The summed E-state index contributed by atoms with van der Waals surface area (Å²) in [5.74, 6) is -0.426. The van der Waals surface area contributed by atoms with Gasteiger partial charge in [-0.15, -0.1) is 0 Å². The molecule has 0 aliphatic carbocycles. The molecule has 3 heteroatoms. The molecule has 0 amide bonds. The highest BCUT2D eigenvalue weighted by Crippen LogP contribution is 2.34. The number of carboxylic acids is 1. The Hall–Kier alpha value is -2.03. The second-order valence-corrected chi connectivity index (χ2v) is 7.22. The molecule has 2 aromatic rings. The van der Waals surface area contributed by atoms with Gasteiger partial charge in [-0.3, -0.25) is 0 Å². The van der Waals surface area contributed by atoms with Crippen molar-refractivity contribution in [3.8, 4) is 11.3 Å². The van der Waals surface area contributed by atoms with E-state index >= 15 is 0 Å². The zero-order chi connectivity index (χ0) is 16.5. The lowest BCUT2D eigenvalue weighted by Gasteiger charge is -2.24. The summed E-state index contributed by atoms with van der Waals surface area (Å²) in [4.78, 5) is 11.8. The SMILES string of the molecule is CC(C)Cn1c(C(C)(C)C)cc(C(=O)O)c1-c1ccccc1. The van der Waals surface area contributed by atoms with Crippen LogP contribution in [0, 0.1) is 5.92 Å². The zero-order valence-corrected chi connectivity index (χ0v) is 14.1. The summed E-state index contributed by atoms with van der Waals surface area (Å²) in [5.41, 5.74) is 3.11. The fourth-order valence-corrected chi connectivity index (χ4v) is 2.80. The van der Waals surface area contributed by atoms with Crippen molar-refractivity contribution in [2.75, 3.05) is 0 Å². The summed E-state index contributed by atoms with van der Waals surface area (Å²) < 4.78 is 2.18. The Balaban J connectivity index is 2.77. The predicted octanol–water partition coefficient (Wildman–Crippen LogP) is 4.81. The van der Waals surface area contributed by atoms with E-state index in [0.717, 1.165) is 23.5 Å². The number of aromatic nitrogens is 1. The van der Waals surface area contributed by atoms with Crippen molar-refractivity contribution in [3.63, 3.8) is 0 Å². The zero-order valence-electron chi connectivity index (χ0n) is 14.1. The van der Waals surface area contributed by atoms with E-state index in [9.17, 15) is 9.90 Å². The summed E-state index contributed by atoms with van der Waals surface area (Å²) >= 11 is 0. The van der Waals surface area contributed by atoms with Crippen LogP contribution in [-0.2, 0) is 12.0 Å². The third-order valence-electron chi connectivity index (χ3n) is 3.69. The van der Waals surface area contributed by atoms with Crippen molar-refractivity contribution >= 4 is 5.97 Å². The lowest BCUT2D eigenvalue weighted by atomic mass is 9.91. The van der Waals surface area contributed by atoms with Gasteiger partial charge in [-0.1, -0.05) is 65.0 Å². The van der Waals surface area contributed by atoms with Crippen LogP contribution in [0.5, 0.6) is 0 Å². The predicted molar refractivity (Wildman–Crippen MR) is 90.4 cm³/mol. The molecule has 0 bridgehead atoms. The maximum atomic E-state index is 11.8. The first-order chi connectivity index (χ1) is 10.2. The number of nitrogens with zero attached hydrogens (tertiary/aromatic N) is 1. The van der Waals surface area contributed by atoms with E-state index in [1.54, 1.807) is 0 Å². The first-order valence-electron chi connectivity index (χ1n) is 7.74. The number of aromatic carboxylic acids is 1. The molecule has 118 valence electrons. The number of rotatable bonds is 4. The average molecular weight is 299 g/mol. The average Bonchev–Trinajstić information content (AvgIpc) is 2.78. The molecule has 0 spiro atoms. The third kappa shape index (κ3) is 3.24.